The minimum absolute atomic E-state index is 0.774. The van der Waals surface area contributed by atoms with Gasteiger partial charge in [-0.15, -0.1) is 0 Å². The third kappa shape index (κ3) is 15.5. The smallest absolute Gasteiger partial charge is 0.115 e. The predicted octanol–water partition coefficient (Wildman–Crippen LogP) is 11.5. The van der Waals surface area contributed by atoms with Crippen molar-refractivity contribution in [2.24, 2.45) is 0 Å². The van der Waals surface area contributed by atoms with Crippen molar-refractivity contribution in [2.45, 2.75) is 0 Å². The number of pyridine rings is 4. The summed E-state index contributed by atoms with van der Waals surface area (Å²) in [6.07, 6.45) is 44.2. The molecule has 82 heavy (non-hydrogen) atoms. The molecule has 0 spiro atoms. The highest BCUT2D eigenvalue weighted by molar-refractivity contribution is 5.77. The molecule has 0 aliphatic carbocycles. The SMILES string of the molecule is C(#Cc1cc(-c2ccncc2)cc(-c2ccncc2)c1)c1cc(-c2ccncc2)cc(-c2ccncc2)c1.C(#Cc1cncnc1)c1cncnc1.c1ncc(-c2ccc(-c3cncnc3)cc2)cn1.c1ncc(-c2cncnc2)cn1. The molecular formula is C66H44N16. The van der Waals surface area contributed by atoms with Gasteiger partial charge in [-0.25, -0.2) is 59.8 Å². The molecule has 0 saturated carbocycles. The lowest BCUT2D eigenvalue weighted by atomic mass is 9.96. The van der Waals surface area contributed by atoms with E-state index in [4.69, 9.17) is 0 Å². The second-order valence-corrected chi connectivity index (χ2v) is 17.4. The maximum Gasteiger partial charge on any atom is 0.115 e. The number of benzene rings is 3. The van der Waals surface area contributed by atoms with Crippen LogP contribution >= 0.6 is 0 Å². The Kier molecular flexibility index (Phi) is 18.4. The molecule has 10 heterocycles. The standard InChI is InChI=1S/C34H22N4.C14H10N4.C10H6N4.C8H6N4/c1(25-19-31(27-3-11-35-12-4-27)23-32(20-25)28-5-13-36-14-6-28)2-26-21-33(29-7-15-37-16-8-29)24-34(22-26)30-9-17-38-18-10-30;1-2-12(14-7-17-10-18-8-14)4-3-11(1)13-5-15-9-16-6-13;1(9-3-11-7-12-4-9)2-10-5-13-8-14-6-10;1-7(2-10-5-9-1)8-3-11-6-12-4-8/h3-24H;1-10H;3-8H;1-6H. The topological polar surface area (TPSA) is 206 Å². The molecule has 0 fully saturated rings. The average molecular weight is 1060 g/mol. The summed E-state index contributed by atoms with van der Waals surface area (Å²) in [6, 6.07) is 37.2. The zero-order valence-corrected chi connectivity index (χ0v) is 43.6. The fourth-order valence-electron chi connectivity index (χ4n) is 7.91. The Morgan fingerprint density at radius 3 is 0.598 bits per heavy atom. The molecule has 10 aromatic heterocycles. The van der Waals surface area contributed by atoms with Gasteiger partial charge in [0.2, 0.25) is 0 Å². The van der Waals surface area contributed by atoms with Crippen molar-refractivity contribution in [3.8, 4) is 102 Å². The number of aromatic nitrogens is 16. The van der Waals surface area contributed by atoms with Crippen LogP contribution in [-0.2, 0) is 0 Å². The number of nitrogens with zero attached hydrogens (tertiary/aromatic N) is 16. The summed E-state index contributed by atoms with van der Waals surface area (Å²) in [4.78, 5) is 63.7. The van der Waals surface area contributed by atoms with Gasteiger partial charge in [0.25, 0.3) is 0 Å². The van der Waals surface area contributed by atoms with Gasteiger partial charge >= 0.3 is 0 Å². The van der Waals surface area contributed by atoms with E-state index in [2.05, 4.69) is 140 Å². The van der Waals surface area contributed by atoms with Crippen molar-refractivity contribution in [2.75, 3.05) is 0 Å². The van der Waals surface area contributed by atoms with Gasteiger partial charge < -0.3 is 0 Å². The molecule has 0 unspecified atom stereocenters. The molecule has 0 aliphatic rings. The molecule has 388 valence electrons. The van der Waals surface area contributed by atoms with Crippen molar-refractivity contribution < 1.29 is 0 Å². The second-order valence-electron chi connectivity index (χ2n) is 17.4. The van der Waals surface area contributed by atoms with Crippen LogP contribution in [0.15, 0.2) is 271 Å². The van der Waals surface area contributed by atoms with Crippen LogP contribution in [0.25, 0.3) is 77.9 Å². The van der Waals surface area contributed by atoms with E-state index >= 15 is 0 Å². The molecule has 0 bridgehead atoms. The first kappa shape index (κ1) is 53.3. The number of hydrogen-bond donors (Lipinski definition) is 0. The molecule has 0 N–H and O–H groups in total. The van der Waals surface area contributed by atoms with Gasteiger partial charge in [0.15, 0.2) is 0 Å². The van der Waals surface area contributed by atoms with E-state index in [0.29, 0.717) is 0 Å². The largest absolute Gasteiger partial charge is 0.265 e. The predicted molar refractivity (Wildman–Crippen MR) is 313 cm³/mol. The minimum atomic E-state index is 0.774. The molecule has 13 rings (SSSR count). The Morgan fingerprint density at radius 2 is 0.354 bits per heavy atom. The van der Waals surface area contributed by atoms with Gasteiger partial charge in [0, 0.05) is 157 Å². The van der Waals surface area contributed by atoms with Crippen molar-refractivity contribution in [3.63, 3.8) is 0 Å². The van der Waals surface area contributed by atoms with Gasteiger partial charge in [-0.3, -0.25) is 19.9 Å². The lowest BCUT2D eigenvalue weighted by Gasteiger charge is -2.09. The van der Waals surface area contributed by atoms with Crippen LogP contribution in [0.3, 0.4) is 0 Å². The maximum atomic E-state index is 4.17. The molecule has 13 aromatic rings. The summed E-state index contributed by atoms with van der Waals surface area (Å²) in [5.74, 6) is 12.7. The van der Waals surface area contributed by atoms with E-state index in [0.717, 1.165) is 100 Å². The van der Waals surface area contributed by atoms with E-state index in [1.54, 1.807) is 74.4 Å². The van der Waals surface area contributed by atoms with Crippen LogP contribution < -0.4 is 0 Å². The van der Waals surface area contributed by atoms with E-state index in [-0.39, 0.29) is 0 Å². The molecule has 0 amide bonds. The Hall–Kier alpha value is -12.1. The fourth-order valence-corrected chi connectivity index (χ4v) is 7.91. The third-order valence-corrected chi connectivity index (χ3v) is 11.9. The first-order valence-electron chi connectivity index (χ1n) is 25.2. The van der Waals surface area contributed by atoms with Crippen molar-refractivity contribution in [3.05, 3.63) is 293 Å². The van der Waals surface area contributed by atoms with Gasteiger partial charge in [-0.1, -0.05) is 47.9 Å². The van der Waals surface area contributed by atoms with E-state index in [1.807, 2.05) is 122 Å². The Morgan fingerprint density at radius 1 is 0.159 bits per heavy atom. The van der Waals surface area contributed by atoms with Crippen molar-refractivity contribution in [1.29, 1.82) is 0 Å². The van der Waals surface area contributed by atoms with Crippen LogP contribution in [0.1, 0.15) is 22.3 Å². The zero-order valence-electron chi connectivity index (χ0n) is 43.6. The first-order valence-corrected chi connectivity index (χ1v) is 25.2. The number of hydrogen-bond acceptors (Lipinski definition) is 16. The van der Waals surface area contributed by atoms with Gasteiger partial charge in [0.05, 0.1) is 11.1 Å². The molecule has 0 radical (unpaired) electrons. The molecule has 0 saturated heterocycles. The average Bonchev–Trinajstić information content (AvgIpc) is 3.64. The molecule has 16 nitrogen and oxygen atoms in total. The maximum absolute atomic E-state index is 4.17. The Bertz CT molecular complexity index is 3780. The quantitative estimate of drug-likeness (QED) is 0.136. The summed E-state index contributed by atoms with van der Waals surface area (Å²) in [5.41, 5.74) is 18.2. The lowest BCUT2D eigenvalue weighted by molar-refractivity contribution is 1.14. The van der Waals surface area contributed by atoms with Crippen LogP contribution in [0.4, 0.5) is 0 Å². The van der Waals surface area contributed by atoms with Crippen molar-refractivity contribution in [1.82, 2.24) is 79.7 Å². The number of rotatable bonds is 7. The van der Waals surface area contributed by atoms with Crippen LogP contribution in [0.5, 0.6) is 0 Å². The van der Waals surface area contributed by atoms with E-state index in [9.17, 15) is 0 Å². The molecule has 16 heteroatoms. The molecule has 3 aromatic carbocycles. The van der Waals surface area contributed by atoms with Gasteiger partial charge in [0.1, 0.15) is 38.0 Å². The Labute approximate surface area is 472 Å². The van der Waals surface area contributed by atoms with E-state index < -0.39 is 0 Å². The molecular weight excluding hydrogens is 1020 g/mol. The third-order valence-electron chi connectivity index (χ3n) is 11.9. The second kappa shape index (κ2) is 28.3. The summed E-state index contributed by atoms with van der Waals surface area (Å²) >= 11 is 0. The molecule has 0 atom stereocenters. The minimum Gasteiger partial charge on any atom is -0.265 e. The summed E-state index contributed by atoms with van der Waals surface area (Å²) in [6.45, 7) is 0. The van der Waals surface area contributed by atoms with Gasteiger partial charge in [-0.2, -0.15) is 0 Å². The first-order chi connectivity index (χ1) is 40.7. The van der Waals surface area contributed by atoms with Crippen LogP contribution in [-0.4, -0.2) is 79.7 Å². The van der Waals surface area contributed by atoms with Crippen molar-refractivity contribution >= 4 is 0 Å². The van der Waals surface area contributed by atoms with Gasteiger partial charge in [-0.05, 0) is 141 Å². The van der Waals surface area contributed by atoms with E-state index in [1.165, 1.54) is 38.0 Å². The summed E-state index contributed by atoms with van der Waals surface area (Å²) in [5, 5.41) is 0. The summed E-state index contributed by atoms with van der Waals surface area (Å²) < 4.78 is 0. The summed E-state index contributed by atoms with van der Waals surface area (Å²) in [7, 11) is 0. The highest BCUT2D eigenvalue weighted by atomic mass is 14.8. The fraction of sp³-hybridized carbons (Fsp3) is 0. The highest BCUT2D eigenvalue weighted by Crippen LogP contribution is 2.30. The molecule has 0 aliphatic heterocycles. The van der Waals surface area contributed by atoms with Crippen LogP contribution in [0.2, 0.25) is 0 Å². The Balaban J connectivity index is 0.000000140. The highest BCUT2D eigenvalue weighted by Gasteiger charge is 2.08. The normalized spacial score (nSPS) is 10.0. The lowest BCUT2D eigenvalue weighted by Crippen LogP contribution is -1.88. The zero-order chi connectivity index (χ0) is 55.6. The van der Waals surface area contributed by atoms with Crippen LogP contribution in [0, 0.1) is 23.7 Å². The monoisotopic (exact) mass is 1060 g/mol.